The molecule has 0 fully saturated rings. The fourth-order valence-electron chi connectivity index (χ4n) is 2.25. The Bertz CT molecular complexity index is 749. The van der Waals surface area contributed by atoms with Crippen LogP contribution in [-0.2, 0) is 47.7 Å². The predicted octanol–water partition coefficient (Wildman–Crippen LogP) is 0.789. The number of nitro groups is 1. The van der Waals surface area contributed by atoms with E-state index in [1.54, 1.807) is 0 Å². The SMILES string of the molecule is CC(=O)OC[C@@H](OC(C)=O)[C@H](OC(C)=O)[C@H](OC(C)=O)[C@H](/C=C(\Br)[N+](=O)[O-])OC(C)=O. The van der Waals surface area contributed by atoms with Crippen LogP contribution >= 0.6 is 15.9 Å². The average molecular weight is 512 g/mol. The van der Waals surface area contributed by atoms with Crippen molar-refractivity contribution >= 4 is 45.8 Å². The van der Waals surface area contributed by atoms with Crippen molar-refractivity contribution in [3.63, 3.8) is 0 Å². The monoisotopic (exact) mass is 511 g/mol. The molecule has 0 aromatic rings. The standard InChI is InChI=1S/C17H22BrNO12/c1-8(20)27-7-14(29-10(3)22)17(31-12(5)24)16(30-11(4)23)13(28-9(2)21)6-15(18)19(25)26/h6,13-14,16-17H,7H2,1-5H3/b15-6+/t13-,14+,16+,17-/m0/s1. The molecular formula is C17H22BrNO12. The summed E-state index contributed by atoms with van der Waals surface area (Å²) in [5.74, 6) is -4.44. The van der Waals surface area contributed by atoms with Crippen LogP contribution in [0, 0.1) is 10.1 Å². The lowest BCUT2D eigenvalue weighted by molar-refractivity contribution is -0.409. The van der Waals surface area contributed by atoms with Gasteiger partial charge in [0.25, 0.3) is 0 Å². The van der Waals surface area contributed by atoms with E-state index < -0.39 is 70.4 Å². The number of carbonyl (C=O) groups is 5. The number of esters is 5. The molecule has 0 aromatic heterocycles. The molecule has 0 unspecified atom stereocenters. The van der Waals surface area contributed by atoms with Crippen LogP contribution in [-0.4, -0.2) is 65.8 Å². The third kappa shape index (κ3) is 11.7. The first kappa shape index (κ1) is 28.0. The molecule has 0 aliphatic rings. The van der Waals surface area contributed by atoms with E-state index in [0.717, 1.165) is 40.7 Å². The van der Waals surface area contributed by atoms with Crippen molar-refractivity contribution in [2.75, 3.05) is 6.61 Å². The second-order valence-corrected chi connectivity index (χ2v) is 6.73. The van der Waals surface area contributed by atoms with Gasteiger partial charge in [-0.15, -0.1) is 0 Å². The van der Waals surface area contributed by atoms with Crippen molar-refractivity contribution in [3.8, 4) is 0 Å². The van der Waals surface area contributed by atoms with Gasteiger partial charge in [0.05, 0.1) is 4.92 Å². The maximum atomic E-state index is 11.7. The molecule has 174 valence electrons. The van der Waals surface area contributed by atoms with Gasteiger partial charge in [0.1, 0.15) is 6.61 Å². The maximum Gasteiger partial charge on any atom is 0.310 e. The van der Waals surface area contributed by atoms with Gasteiger partial charge in [-0.25, -0.2) is 0 Å². The maximum absolute atomic E-state index is 11.7. The zero-order valence-corrected chi connectivity index (χ0v) is 18.9. The summed E-state index contributed by atoms with van der Waals surface area (Å²) < 4.78 is 24.4. The van der Waals surface area contributed by atoms with E-state index in [1.807, 2.05) is 0 Å². The normalized spacial score (nSPS) is 14.8. The minimum Gasteiger partial charge on any atom is -0.462 e. The number of halogens is 1. The lowest BCUT2D eigenvalue weighted by atomic mass is 10.0. The Balaban J connectivity index is 6.51. The number of hydrogen-bond donors (Lipinski definition) is 0. The lowest BCUT2D eigenvalue weighted by Crippen LogP contribution is -2.52. The first-order valence-electron chi connectivity index (χ1n) is 8.58. The molecule has 4 atom stereocenters. The Morgan fingerprint density at radius 2 is 1.26 bits per heavy atom. The van der Waals surface area contributed by atoms with E-state index in [0.29, 0.717) is 0 Å². The van der Waals surface area contributed by atoms with Crippen molar-refractivity contribution in [1.29, 1.82) is 0 Å². The zero-order chi connectivity index (χ0) is 24.3. The molecule has 0 amide bonds. The van der Waals surface area contributed by atoms with Gasteiger partial charge in [0.2, 0.25) is 0 Å². The highest BCUT2D eigenvalue weighted by molar-refractivity contribution is 9.11. The summed E-state index contributed by atoms with van der Waals surface area (Å²) in [5.41, 5.74) is 0. The average Bonchev–Trinajstić information content (AvgIpc) is 2.59. The van der Waals surface area contributed by atoms with Crippen LogP contribution in [0.25, 0.3) is 0 Å². The Labute approximate surface area is 185 Å². The minimum absolute atomic E-state index is 0.627. The van der Waals surface area contributed by atoms with Crippen molar-refractivity contribution in [2.24, 2.45) is 0 Å². The highest BCUT2D eigenvalue weighted by Crippen LogP contribution is 2.23. The van der Waals surface area contributed by atoms with E-state index in [4.69, 9.17) is 23.7 Å². The van der Waals surface area contributed by atoms with Crippen LogP contribution in [0.1, 0.15) is 34.6 Å². The quantitative estimate of drug-likeness (QED) is 0.125. The molecule has 0 bridgehead atoms. The molecule has 0 spiro atoms. The summed E-state index contributed by atoms with van der Waals surface area (Å²) >= 11 is 2.66. The minimum atomic E-state index is -1.72. The van der Waals surface area contributed by atoms with Crippen molar-refractivity contribution in [2.45, 2.75) is 59.0 Å². The molecule has 31 heavy (non-hydrogen) atoms. The molecule has 0 saturated heterocycles. The molecule has 0 N–H and O–H groups in total. The smallest absolute Gasteiger partial charge is 0.310 e. The second-order valence-electron chi connectivity index (χ2n) is 5.92. The van der Waals surface area contributed by atoms with Gasteiger partial charge in [-0.3, -0.25) is 34.1 Å². The first-order valence-corrected chi connectivity index (χ1v) is 9.37. The van der Waals surface area contributed by atoms with E-state index in [9.17, 15) is 34.1 Å². The third-order valence-electron chi connectivity index (χ3n) is 3.16. The van der Waals surface area contributed by atoms with Gasteiger partial charge < -0.3 is 23.7 Å². The first-order chi connectivity index (χ1) is 14.2. The fourth-order valence-corrected chi connectivity index (χ4v) is 2.51. The Morgan fingerprint density at radius 3 is 1.65 bits per heavy atom. The second kappa shape index (κ2) is 13.3. The fraction of sp³-hybridized carbons (Fsp3) is 0.588. The molecule has 0 saturated carbocycles. The van der Waals surface area contributed by atoms with Crippen molar-refractivity contribution in [1.82, 2.24) is 0 Å². The Morgan fingerprint density at radius 1 is 0.806 bits per heavy atom. The van der Waals surface area contributed by atoms with Gasteiger partial charge in [-0.1, -0.05) is 0 Å². The van der Waals surface area contributed by atoms with E-state index in [2.05, 4.69) is 15.9 Å². The Kier molecular flexibility index (Phi) is 12.0. The molecule has 0 aliphatic heterocycles. The number of carbonyl (C=O) groups excluding carboxylic acids is 5. The van der Waals surface area contributed by atoms with Crippen molar-refractivity contribution in [3.05, 3.63) is 20.8 Å². The summed E-state index contributed by atoms with van der Waals surface area (Å²) in [7, 11) is 0. The van der Waals surface area contributed by atoms with Gasteiger partial charge in [-0.2, -0.15) is 0 Å². The largest absolute Gasteiger partial charge is 0.462 e. The summed E-state index contributed by atoms with van der Waals surface area (Å²) in [5, 5.41) is 11.0. The molecule has 14 heteroatoms. The van der Waals surface area contributed by atoms with E-state index in [1.165, 1.54) is 0 Å². The Hall–Kier alpha value is -3.03. The lowest BCUT2D eigenvalue weighted by Gasteiger charge is -2.34. The number of hydrogen-bond acceptors (Lipinski definition) is 12. The molecule has 0 aliphatic carbocycles. The molecule has 0 heterocycles. The molecule has 0 rings (SSSR count). The predicted molar refractivity (Wildman–Crippen MR) is 103 cm³/mol. The van der Waals surface area contributed by atoms with Crippen molar-refractivity contribution < 1.29 is 52.6 Å². The van der Waals surface area contributed by atoms with Crippen LogP contribution in [0.4, 0.5) is 0 Å². The molecule has 0 radical (unpaired) electrons. The third-order valence-corrected chi connectivity index (χ3v) is 3.72. The van der Waals surface area contributed by atoms with Crippen LogP contribution in [0.15, 0.2) is 10.7 Å². The summed E-state index contributed by atoms with van der Waals surface area (Å²) in [6.07, 6.45) is -5.81. The van der Waals surface area contributed by atoms with Gasteiger partial charge in [0, 0.05) is 56.6 Å². The van der Waals surface area contributed by atoms with Crippen LogP contribution in [0.3, 0.4) is 0 Å². The molecule has 0 aromatic carbocycles. The number of rotatable bonds is 11. The van der Waals surface area contributed by atoms with Crippen LogP contribution in [0.2, 0.25) is 0 Å². The number of ether oxygens (including phenoxy) is 5. The summed E-state index contributed by atoms with van der Waals surface area (Å²) in [6, 6.07) is 0. The van der Waals surface area contributed by atoms with E-state index >= 15 is 0 Å². The summed E-state index contributed by atoms with van der Waals surface area (Å²) in [6.45, 7) is 4.39. The highest BCUT2D eigenvalue weighted by atomic mass is 79.9. The van der Waals surface area contributed by atoms with Gasteiger partial charge >= 0.3 is 34.5 Å². The zero-order valence-electron chi connectivity index (χ0n) is 17.3. The topological polar surface area (TPSA) is 175 Å². The van der Waals surface area contributed by atoms with Crippen LogP contribution in [0.5, 0.6) is 0 Å². The van der Waals surface area contributed by atoms with Gasteiger partial charge in [0.15, 0.2) is 24.4 Å². The molecular weight excluding hydrogens is 490 g/mol. The molecule has 13 nitrogen and oxygen atoms in total. The number of nitrogens with zero attached hydrogens (tertiary/aromatic N) is 1. The van der Waals surface area contributed by atoms with Gasteiger partial charge in [-0.05, 0) is 0 Å². The highest BCUT2D eigenvalue weighted by Gasteiger charge is 2.44. The van der Waals surface area contributed by atoms with E-state index in [-0.39, 0.29) is 0 Å². The summed E-state index contributed by atoms with van der Waals surface area (Å²) in [4.78, 5) is 67.8. The van der Waals surface area contributed by atoms with Crippen LogP contribution < -0.4 is 0 Å².